The van der Waals surface area contributed by atoms with E-state index in [1.165, 1.54) is 0 Å². The molecule has 3 aromatic rings. The second kappa shape index (κ2) is 7.75. The van der Waals surface area contributed by atoms with Crippen LogP contribution in [-0.2, 0) is 6.42 Å². The Kier molecular flexibility index (Phi) is 6.33. The van der Waals surface area contributed by atoms with E-state index < -0.39 is 0 Å². The van der Waals surface area contributed by atoms with Gasteiger partial charge in [0.05, 0.1) is 11.6 Å². The molecule has 0 spiro atoms. The van der Waals surface area contributed by atoms with Gasteiger partial charge in [0.1, 0.15) is 0 Å². The average Bonchev–Trinajstić information content (AvgIpc) is 2.93. The first-order chi connectivity index (χ1) is 9.33. The van der Waals surface area contributed by atoms with Crippen LogP contribution in [-0.4, -0.2) is 38.7 Å². The number of likely N-dealkylation sites (N-methyl/N-ethyl adjacent to an activating group) is 1. The quantitative estimate of drug-likeness (QED) is 0.796. The van der Waals surface area contributed by atoms with Crippen LogP contribution in [0.1, 0.15) is 5.69 Å². The number of nitrogens with zero attached hydrogens (tertiary/aromatic N) is 5. The summed E-state index contributed by atoms with van der Waals surface area (Å²) in [5.41, 5.74) is 1.83. The van der Waals surface area contributed by atoms with Crippen LogP contribution in [0.3, 0.4) is 0 Å². The van der Waals surface area contributed by atoms with Crippen molar-refractivity contribution in [2.75, 3.05) is 18.5 Å². The molecule has 0 radical (unpaired) electrons. The normalized spacial score (nSPS) is 9.76. The Morgan fingerprint density at radius 1 is 1.14 bits per heavy atom. The number of pyridine rings is 1. The minimum atomic E-state index is 0. The summed E-state index contributed by atoms with van der Waals surface area (Å²) in [6.45, 7) is 0.816. The van der Waals surface area contributed by atoms with Crippen molar-refractivity contribution >= 4 is 41.8 Å². The van der Waals surface area contributed by atoms with E-state index in [4.69, 9.17) is 0 Å². The lowest BCUT2D eigenvalue weighted by Gasteiger charge is -2.16. The van der Waals surface area contributed by atoms with E-state index in [-0.39, 0.29) is 24.8 Å². The van der Waals surface area contributed by atoms with Crippen molar-refractivity contribution in [3.05, 3.63) is 42.5 Å². The first-order valence-electron chi connectivity index (χ1n) is 6.10. The number of rotatable bonds is 4. The van der Waals surface area contributed by atoms with Gasteiger partial charge in [-0.1, -0.05) is 6.07 Å². The smallest absolute Gasteiger partial charge is 0.227 e. The molecule has 0 atom stereocenters. The van der Waals surface area contributed by atoms with Crippen molar-refractivity contribution in [2.45, 2.75) is 6.42 Å². The third kappa shape index (κ3) is 4.03. The van der Waals surface area contributed by atoms with Crippen molar-refractivity contribution in [1.29, 1.82) is 0 Å². The molecule has 0 aliphatic rings. The third-order valence-electron chi connectivity index (χ3n) is 2.95. The molecule has 0 amide bonds. The van der Waals surface area contributed by atoms with Gasteiger partial charge in [-0.25, -0.2) is 4.98 Å². The maximum absolute atomic E-state index is 4.42. The predicted octanol–water partition coefficient (Wildman–Crippen LogP) is 2.27. The molecular weight excluding hydrogens is 311 g/mol. The lowest BCUT2D eigenvalue weighted by molar-refractivity contribution is 0.823. The van der Waals surface area contributed by atoms with Crippen molar-refractivity contribution < 1.29 is 0 Å². The number of nitrogens with one attached hydrogen (secondary N) is 1. The number of hydrogen-bond donors (Lipinski definition) is 1. The Hall–Kier alpha value is -1.92. The van der Waals surface area contributed by atoms with Crippen molar-refractivity contribution in [3.63, 3.8) is 0 Å². The van der Waals surface area contributed by atoms with Gasteiger partial charge in [-0.15, -0.1) is 24.8 Å². The van der Waals surface area contributed by atoms with Gasteiger partial charge in [0, 0.05) is 38.1 Å². The predicted molar refractivity (Wildman–Crippen MR) is 87.4 cm³/mol. The zero-order chi connectivity index (χ0) is 13.1. The van der Waals surface area contributed by atoms with Crippen LogP contribution >= 0.6 is 24.8 Å². The molecule has 112 valence electrons. The molecule has 8 heteroatoms. The highest BCUT2D eigenvalue weighted by Crippen LogP contribution is 2.11. The molecule has 0 saturated carbocycles. The Labute approximate surface area is 134 Å². The molecule has 0 fully saturated rings. The molecule has 1 N–H and O–H groups in total. The molecule has 3 aromatic heterocycles. The summed E-state index contributed by atoms with van der Waals surface area (Å²) in [6.07, 6.45) is 6.16. The number of anilines is 1. The van der Waals surface area contributed by atoms with Gasteiger partial charge in [0.2, 0.25) is 5.95 Å². The lowest BCUT2D eigenvalue weighted by Crippen LogP contribution is -2.22. The van der Waals surface area contributed by atoms with Gasteiger partial charge >= 0.3 is 0 Å². The van der Waals surface area contributed by atoms with Crippen LogP contribution in [0.2, 0.25) is 0 Å². The Balaban J connectivity index is 0.00000110. The minimum absolute atomic E-state index is 0. The van der Waals surface area contributed by atoms with Gasteiger partial charge in [0.15, 0.2) is 5.65 Å². The summed E-state index contributed by atoms with van der Waals surface area (Å²) in [4.78, 5) is 15.1. The van der Waals surface area contributed by atoms with Gasteiger partial charge in [-0.05, 0) is 12.1 Å². The highest BCUT2D eigenvalue weighted by Gasteiger charge is 2.07. The standard InChI is InChI=1S/C13H14N6.2ClH/c1-19(7-5-11-4-2-3-6-14-11)13-15-8-10-9-16-18-12(10)17-13;;/h2-4,6,8-9H,5,7H2,1H3,(H,15,16,17,18);2*1H. The molecule has 21 heavy (non-hydrogen) atoms. The van der Waals surface area contributed by atoms with Crippen LogP contribution < -0.4 is 4.90 Å². The molecule has 3 heterocycles. The molecule has 3 rings (SSSR count). The van der Waals surface area contributed by atoms with E-state index in [0.29, 0.717) is 5.95 Å². The highest BCUT2D eigenvalue weighted by atomic mass is 35.5. The summed E-state index contributed by atoms with van der Waals surface area (Å²) in [5.74, 6) is 0.688. The Morgan fingerprint density at radius 2 is 2.00 bits per heavy atom. The van der Waals surface area contributed by atoms with E-state index in [1.807, 2.05) is 36.3 Å². The maximum Gasteiger partial charge on any atom is 0.227 e. The molecule has 0 saturated heterocycles. The second-order valence-corrected chi connectivity index (χ2v) is 4.34. The summed E-state index contributed by atoms with van der Waals surface area (Å²) in [5, 5.41) is 7.71. The summed E-state index contributed by atoms with van der Waals surface area (Å²) in [6, 6.07) is 5.94. The van der Waals surface area contributed by atoms with Gasteiger partial charge in [-0.3, -0.25) is 10.1 Å². The number of halogens is 2. The lowest BCUT2D eigenvalue weighted by atomic mass is 10.2. The zero-order valence-corrected chi connectivity index (χ0v) is 13.1. The molecule has 6 nitrogen and oxygen atoms in total. The number of H-pyrrole nitrogens is 1. The number of hydrogen-bond acceptors (Lipinski definition) is 5. The van der Waals surface area contributed by atoms with Crippen LogP contribution in [0, 0.1) is 0 Å². The van der Waals surface area contributed by atoms with Gasteiger partial charge < -0.3 is 4.90 Å². The number of fused-ring (bicyclic) bond motifs is 1. The summed E-state index contributed by atoms with van der Waals surface area (Å²) < 4.78 is 0. The first kappa shape index (κ1) is 17.1. The fourth-order valence-corrected chi connectivity index (χ4v) is 1.84. The Morgan fingerprint density at radius 3 is 2.76 bits per heavy atom. The van der Waals surface area contributed by atoms with Gasteiger partial charge in [0.25, 0.3) is 0 Å². The number of aromatic amines is 1. The van der Waals surface area contributed by atoms with E-state index in [9.17, 15) is 0 Å². The third-order valence-corrected chi connectivity index (χ3v) is 2.95. The average molecular weight is 327 g/mol. The second-order valence-electron chi connectivity index (χ2n) is 4.34. The first-order valence-corrected chi connectivity index (χ1v) is 6.10. The summed E-state index contributed by atoms with van der Waals surface area (Å²) in [7, 11) is 1.97. The monoisotopic (exact) mass is 326 g/mol. The van der Waals surface area contributed by atoms with Crippen LogP contribution in [0.4, 0.5) is 5.95 Å². The van der Waals surface area contributed by atoms with E-state index in [0.717, 1.165) is 29.7 Å². The number of aromatic nitrogens is 5. The molecule has 0 aromatic carbocycles. The van der Waals surface area contributed by atoms with Gasteiger partial charge in [-0.2, -0.15) is 10.1 Å². The van der Waals surface area contributed by atoms with Crippen molar-refractivity contribution in [3.8, 4) is 0 Å². The molecule has 0 unspecified atom stereocenters. The van der Waals surface area contributed by atoms with E-state index in [2.05, 4.69) is 25.1 Å². The van der Waals surface area contributed by atoms with Crippen LogP contribution in [0.25, 0.3) is 11.0 Å². The van der Waals surface area contributed by atoms with Crippen LogP contribution in [0.15, 0.2) is 36.8 Å². The van der Waals surface area contributed by atoms with Crippen LogP contribution in [0.5, 0.6) is 0 Å². The van der Waals surface area contributed by atoms with E-state index >= 15 is 0 Å². The molecule has 0 aliphatic carbocycles. The largest absolute Gasteiger partial charge is 0.343 e. The maximum atomic E-state index is 4.42. The zero-order valence-electron chi connectivity index (χ0n) is 11.4. The fourth-order valence-electron chi connectivity index (χ4n) is 1.84. The Bertz CT molecular complexity index is 672. The molecular formula is C13H16Cl2N6. The SMILES string of the molecule is CN(CCc1ccccn1)c1ncc2cn[nH]c2n1.Cl.Cl. The fraction of sp³-hybridized carbons (Fsp3) is 0.231. The minimum Gasteiger partial charge on any atom is -0.343 e. The topological polar surface area (TPSA) is 70.6 Å². The van der Waals surface area contributed by atoms with E-state index in [1.54, 1.807) is 12.4 Å². The highest BCUT2D eigenvalue weighted by molar-refractivity contribution is 5.85. The molecule has 0 aliphatic heterocycles. The summed E-state index contributed by atoms with van der Waals surface area (Å²) >= 11 is 0. The van der Waals surface area contributed by atoms with Crippen molar-refractivity contribution in [2.24, 2.45) is 0 Å². The molecule has 0 bridgehead atoms. The van der Waals surface area contributed by atoms with Crippen molar-refractivity contribution in [1.82, 2.24) is 25.1 Å².